The summed E-state index contributed by atoms with van der Waals surface area (Å²) in [5.41, 5.74) is 1.31. The second kappa shape index (κ2) is 7.49. The standard InChI is InChI=1S/C16H27N3/c1-3-10-17-16-9-8-15(11-18-16)13-19(2)12-14-6-4-5-7-14/h8-9,11,14H,3-7,10,12-13H2,1-2H3,(H,17,18). The van der Waals surface area contributed by atoms with Gasteiger partial charge in [0.2, 0.25) is 0 Å². The van der Waals surface area contributed by atoms with Gasteiger partial charge in [0, 0.05) is 25.8 Å². The van der Waals surface area contributed by atoms with Crippen molar-refractivity contribution in [3.8, 4) is 0 Å². The number of anilines is 1. The van der Waals surface area contributed by atoms with Crippen LogP contribution in [0.1, 0.15) is 44.6 Å². The summed E-state index contributed by atoms with van der Waals surface area (Å²) < 4.78 is 0. The first kappa shape index (κ1) is 14.3. The van der Waals surface area contributed by atoms with E-state index in [4.69, 9.17) is 0 Å². The molecule has 1 aromatic rings. The minimum atomic E-state index is 0.920. The minimum Gasteiger partial charge on any atom is -0.370 e. The Labute approximate surface area is 117 Å². The Balaban J connectivity index is 1.77. The summed E-state index contributed by atoms with van der Waals surface area (Å²) in [6.45, 7) is 5.40. The van der Waals surface area contributed by atoms with E-state index in [1.54, 1.807) is 0 Å². The van der Waals surface area contributed by atoms with Crippen LogP contribution in [0.2, 0.25) is 0 Å². The molecular formula is C16H27N3. The number of hydrogen-bond donors (Lipinski definition) is 1. The van der Waals surface area contributed by atoms with Crippen LogP contribution in [0.4, 0.5) is 5.82 Å². The molecule has 3 heteroatoms. The third-order valence-corrected chi connectivity index (χ3v) is 3.88. The Morgan fingerprint density at radius 3 is 2.74 bits per heavy atom. The van der Waals surface area contributed by atoms with Gasteiger partial charge in [0.15, 0.2) is 0 Å². The Hall–Kier alpha value is -1.09. The molecule has 0 aliphatic heterocycles. The molecule has 0 saturated heterocycles. The fourth-order valence-corrected chi connectivity index (χ4v) is 2.89. The number of aromatic nitrogens is 1. The van der Waals surface area contributed by atoms with E-state index < -0.39 is 0 Å². The third kappa shape index (κ3) is 4.83. The normalized spacial score (nSPS) is 16.2. The first-order valence-corrected chi connectivity index (χ1v) is 7.65. The number of rotatable bonds is 7. The van der Waals surface area contributed by atoms with Gasteiger partial charge in [0.25, 0.3) is 0 Å². The average molecular weight is 261 g/mol. The van der Waals surface area contributed by atoms with Gasteiger partial charge in [-0.25, -0.2) is 4.98 Å². The van der Waals surface area contributed by atoms with E-state index in [0.717, 1.165) is 31.2 Å². The molecule has 0 amide bonds. The lowest BCUT2D eigenvalue weighted by atomic mass is 10.1. The van der Waals surface area contributed by atoms with Gasteiger partial charge in [-0.1, -0.05) is 25.8 Å². The topological polar surface area (TPSA) is 28.2 Å². The molecule has 0 bridgehead atoms. The third-order valence-electron chi connectivity index (χ3n) is 3.88. The summed E-state index contributed by atoms with van der Waals surface area (Å²) in [7, 11) is 2.22. The van der Waals surface area contributed by atoms with Crippen molar-refractivity contribution in [3.05, 3.63) is 23.9 Å². The molecule has 0 radical (unpaired) electrons. The lowest BCUT2D eigenvalue weighted by Crippen LogP contribution is -2.24. The summed E-state index contributed by atoms with van der Waals surface area (Å²) in [5.74, 6) is 1.91. The second-order valence-electron chi connectivity index (χ2n) is 5.83. The summed E-state index contributed by atoms with van der Waals surface area (Å²) in [5, 5.41) is 3.31. The van der Waals surface area contributed by atoms with Crippen molar-refractivity contribution in [2.45, 2.75) is 45.6 Å². The van der Waals surface area contributed by atoms with Crippen LogP contribution < -0.4 is 5.32 Å². The maximum atomic E-state index is 4.46. The molecule has 0 spiro atoms. The first-order chi connectivity index (χ1) is 9.28. The van der Waals surface area contributed by atoms with Gasteiger partial charge < -0.3 is 10.2 Å². The molecule has 1 aromatic heterocycles. The molecule has 0 aromatic carbocycles. The zero-order valence-corrected chi connectivity index (χ0v) is 12.4. The lowest BCUT2D eigenvalue weighted by molar-refractivity contribution is 0.271. The van der Waals surface area contributed by atoms with Crippen LogP contribution in [0, 0.1) is 5.92 Å². The summed E-state index contributed by atoms with van der Waals surface area (Å²) in [6, 6.07) is 4.28. The number of pyridine rings is 1. The number of hydrogen-bond acceptors (Lipinski definition) is 3. The van der Waals surface area contributed by atoms with Crippen molar-refractivity contribution in [2.75, 3.05) is 25.5 Å². The predicted octanol–water partition coefficient (Wildman–Crippen LogP) is 3.53. The fraction of sp³-hybridized carbons (Fsp3) is 0.688. The Morgan fingerprint density at radius 1 is 1.32 bits per heavy atom. The Morgan fingerprint density at radius 2 is 2.11 bits per heavy atom. The summed E-state index contributed by atoms with van der Waals surface area (Å²) >= 11 is 0. The largest absolute Gasteiger partial charge is 0.370 e. The van der Waals surface area contributed by atoms with Gasteiger partial charge in [-0.3, -0.25) is 0 Å². The number of nitrogens with one attached hydrogen (secondary N) is 1. The van der Waals surface area contributed by atoms with Crippen LogP contribution in [0.3, 0.4) is 0 Å². The molecule has 1 saturated carbocycles. The van der Waals surface area contributed by atoms with E-state index in [1.807, 2.05) is 6.20 Å². The van der Waals surface area contributed by atoms with Gasteiger partial charge in [0.05, 0.1) is 0 Å². The second-order valence-corrected chi connectivity index (χ2v) is 5.83. The molecule has 1 aliphatic rings. The quantitative estimate of drug-likeness (QED) is 0.814. The van der Waals surface area contributed by atoms with Crippen LogP contribution >= 0.6 is 0 Å². The molecule has 19 heavy (non-hydrogen) atoms. The maximum absolute atomic E-state index is 4.46. The van der Waals surface area contributed by atoms with Gasteiger partial charge in [0.1, 0.15) is 5.82 Å². The van der Waals surface area contributed by atoms with Crippen LogP contribution in [0.15, 0.2) is 18.3 Å². The van der Waals surface area contributed by atoms with Gasteiger partial charge in [-0.15, -0.1) is 0 Å². The average Bonchev–Trinajstić information content (AvgIpc) is 2.90. The highest BCUT2D eigenvalue weighted by atomic mass is 15.1. The minimum absolute atomic E-state index is 0.920. The van der Waals surface area contributed by atoms with E-state index in [0.29, 0.717) is 0 Å². The smallest absolute Gasteiger partial charge is 0.125 e. The molecule has 0 atom stereocenters. The zero-order chi connectivity index (χ0) is 13.5. The van der Waals surface area contributed by atoms with Crippen molar-refractivity contribution >= 4 is 5.82 Å². The molecule has 106 valence electrons. The monoisotopic (exact) mass is 261 g/mol. The molecule has 3 nitrogen and oxygen atoms in total. The molecule has 1 fully saturated rings. The summed E-state index contributed by atoms with van der Waals surface area (Å²) in [4.78, 5) is 6.90. The Kier molecular flexibility index (Phi) is 5.64. The molecule has 1 aliphatic carbocycles. The van der Waals surface area contributed by atoms with E-state index in [-0.39, 0.29) is 0 Å². The summed E-state index contributed by atoms with van der Waals surface area (Å²) in [6.07, 6.45) is 8.83. The van der Waals surface area contributed by atoms with Crippen LogP contribution in [0.25, 0.3) is 0 Å². The van der Waals surface area contributed by atoms with Crippen molar-refractivity contribution in [1.82, 2.24) is 9.88 Å². The number of nitrogens with zero attached hydrogens (tertiary/aromatic N) is 2. The SMILES string of the molecule is CCCNc1ccc(CN(C)CC2CCCC2)cn1. The Bertz CT molecular complexity index is 355. The zero-order valence-electron chi connectivity index (χ0n) is 12.4. The fourth-order valence-electron chi connectivity index (χ4n) is 2.89. The van der Waals surface area contributed by atoms with Crippen LogP contribution in [0.5, 0.6) is 0 Å². The maximum Gasteiger partial charge on any atom is 0.125 e. The highest BCUT2D eigenvalue weighted by Crippen LogP contribution is 2.25. The molecule has 1 N–H and O–H groups in total. The van der Waals surface area contributed by atoms with Crippen molar-refractivity contribution in [2.24, 2.45) is 5.92 Å². The van der Waals surface area contributed by atoms with Gasteiger partial charge in [-0.05, 0) is 43.9 Å². The predicted molar refractivity (Wildman–Crippen MR) is 81.3 cm³/mol. The molecule has 2 rings (SSSR count). The molecule has 0 unspecified atom stereocenters. The van der Waals surface area contributed by atoms with E-state index in [1.165, 1.54) is 37.8 Å². The van der Waals surface area contributed by atoms with E-state index in [9.17, 15) is 0 Å². The van der Waals surface area contributed by atoms with Crippen molar-refractivity contribution in [3.63, 3.8) is 0 Å². The lowest BCUT2D eigenvalue weighted by Gasteiger charge is -2.20. The van der Waals surface area contributed by atoms with E-state index in [2.05, 4.69) is 41.3 Å². The van der Waals surface area contributed by atoms with Crippen molar-refractivity contribution < 1.29 is 0 Å². The highest BCUT2D eigenvalue weighted by Gasteiger charge is 2.16. The van der Waals surface area contributed by atoms with Crippen molar-refractivity contribution in [1.29, 1.82) is 0 Å². The van der Waals surface area contributed by atoms with Crippen LogP contribution in [-0.2, 0) is 6.54 Å². The van der Waals surface area contributed by atoms with Gasteiger partial charge in [-0.2, -0.15) is 0 Å². The first-order valence-electron chi connectivity index (χ1n) is 7.65. The molecule has 1 heterocycles. The van der Waals surface area contributed by atoms with E-state index >= 15 is 0 Å². The highest BCUT2D eigenvalue weighted by molar-refractivity contribution is 5.35. The molecular weight excluding hydrogens is 234 g/mol. The van der Waals surface area contributed by atoms with Crippen LogP contribution in [-0.4, -0.2) is 30.0 Å². The van der Waals surface area contributed by atoms with Gasteiger partial charge >= 0.3 is 0 Å².